The molecule has 1 aliphatic heterocycles. The van der Waals surface area contributed by atoms with Gasteiger partial charge in [0.1, 0.15) is 5.57 Å². The van der Waals surface area contributed by atoms with Gasteiger partial charge in [-0.25, -0.2) is 9.59 Å². The van der Waals surface area contributed by atoms with Crippen molar-refractivity contribution in [2.24, 2.45) is 0 Å². The van der Waals surface area contributed by atoms with E-state index in [0.29, 0.717) is 5.25 Å². The van der Waals surface area contributed by atoms with Crippen molar-refractivity contribution in [1.82, 2.24) is 0 Å². The molecule has 0 spiro atoms. The van der Waals surface area contributed by atoms with E-state index in [1.807, 2.05) is 36.0 Å². The van der Waals surface area contributed by atoms with Crippen LogP contribution in [-0.4, -0.2) is 23.0 Å². The van der Waals surface area contributed by atoms with E-state index in [1.54, 1.807) is 0 Å². The lowest BCUT2D eigenvalue weighted by molar-refractivity contribution is -0.222. The molecule has 128 valence electrons. The van der Waals surface area contributed by atoms with Crippen molar-refractivity contribution >= 4 is 29.8 Å². The topological polar surface area (TPSA) is 52.6 Å². The van der Waals surface area contributed by atoms with Crippen LogP contribution in [0.5, 0.6) is 0 Å². The van der Waals surface area contributed by atoms with Crippen LogP contribution < -0.4 is 0 Å². The number of cyclic esters (lactones) is 2. The van der Waals surface area contributed by atoms with Gasteiger partial charge in [0.25, 0.3) is 5.79 Å². The zero-order chi connectivity index (χ0) is 17.2. The minimum atomic E-state index is -1.20. The van der Waals surface area contributed by atoms with Crippen molar-refractivity contribution in [3.05, 3.63) is 35.4 Å². The van der Waals surface area contributed by atoms with Crippen LogP contribution in [0.25, 0.3) is 6.08 Å². The number of thioether (sulfide) groups is 1. The summed E-state index contributed by atoms with van der Waals surface area (Å²) in [4.78, 5) is 25.1. The van der Waals surface area contributed by atoms with Crippen LogP contribution in [0.15, 0.2) is 34.7 Å². The maximum absolute atomic E-state index is 12.0. The van der Waals surface area contributed by atoms with E-state index in [1.165, 1.54) is 56.9 Å². The normalized spacial score (nSPS) is 21.2. The number of esters is 2. The summed E-state index contributed by atoms with van der Waals surface area (Å²) >= 11 is 1.92. The second kappa shape index (κ2) is 7.01. The molecular formula is C19H22O4S. The predicted octanol–water partition coefficient (Wildman–Crippen LogP) is 4.33. The lowest BCUT2D eigenvalue weighted by Crippen LogP contribution is -2.41. The van der Waals surface area contributed by atoms with E-state index in [0.717, 1.165) is 5.56 Å². The Bertz CT molecular complexity index is 632. The first-order valence-electron chi connectivity index (χ1n) is 8.38. The highest BCUT2D eigenvalue weighted by molar-refractivity contribution is 8.00. The van der Waals surface area contributed by atoms with Crippen molar-refractivity contribution in [3.8, 4) is 0 Å². The van der Waals surface area contributed by atoms with Gasteiger partial charge in [-0.1, -0.05) is 31.4 Å². The molecule has 1 heterocycles. The molecule has 1 aromatic carbocycles. The summed E-state index contributed by atoms with van der Waals surface area (Å²) in [7, 11) is 0. The fourth-order valence-corrected chi connectivity index (χ4v) is 4.21. The zero-order valence-electron chi connectivity index (χ0n) is 14.0. The Morgan fingerprint density at radius 1 is 1.00 bits per heavy atom. The number of benzene rings is 1. The summed E-state index contributed by atoms with van der Waals surface area (Å²) < 4.78 is 10.2. The van der Waals surface area contributed by atoms with E-state index in [-0.39, 0.29) is 5.57 Å². The van der Waals surface area contributed by atoms with Crippen molar-refractivity contribution in [1.29, 1.82) is 0 Å². The molecule has 1 aliphatic carbocycles. The van der Waals surface area contributed by atoms with Gasteiger partial charge < -0.3 is 9.47 Å². The number of rotatable bonds is 3. The molecule has 1 saturated carbocycles. The number of carbonyl (C=O) groups is 2. The first kappa shape index (κ1) is 17.1. The second-order valence-electron chi connectivity index (χ2n) is 6.68. The third-order valence-electron chi connectivity index (χ3n) is 4.16. The van der Waals surface area contributed by atoms with Crippen LogP contribution in [0.4, 0.5) is 0 Å². The molecule has 4 nitrogen and oxygen atoms in total. The fraction of sp³-hybridized carbons (Fsp3) is 0.474. The Morgan fingerprint density at radius 2 is 1.58 bits per heavy atom. The highest BCUT2D eigenvalue weighted by Crippen LogP contribution is 2.33. The van der Waals surface area contributed by atoms with Crippen molar-refractivity contribution in [2.45, 2.75) is 61.9 Å². The highest BCUT2D eigenvalue weighted by atomic mass is 32.2. The van der Waals surface area contributed by atoms with E-state index < -0.39 is 17.7 Å². The summed E-state index contributed by atoms with van der Waals surface area (Å²) in [6.07, 6.45) is 8.08. The summed E-state index contributed by atoms with van der Waals surface area (Å²) in [6.45, 7) is 3.08. The van der Waals surface area contributed by atoms with Crippen LogP contribution in [-0.2, 0) is 19.1 Å². The van der Waals surface area contributed by atoms with Gasteiger partial charge in [0.05, 0.1) is 0 Å². The maximum Gasteiger partial charge on any atom is 0.348 e. The summed E-state index contributed by atoms with van der Waals surface area (Å²) in [5.41, 5.74) is 0.716. The third kappa shape index (κ3) is 4.20. The molecule has 0 aromatic heterocycles. The Labute approximate surface area is 146 Å². The molecule has 3 rings (SSSR count). The van der Waals surface area contributed by atoms with Crippen LogP contribution >= 0.6 is 11.8 Å². The van der Waals surface area contributed by atoms with Crippen LogP contribution in [0.1, 0.15) is 51.5 Å². The number of carbonyl (C=O) groups excluding carboxylic acids is 2. The Balaban J connectivity index is 1.69. The Hall–Kier alpha value is -1.75. The molecule has 1 aromatic rings. The van der Waals surface area contributed by atoms with Gasteiger partial charge in [-0.2, -0.15) is 0 Å². The van der Waals surface area contributed by atoms with Gasteiger partial charge in [0.2, 0.25) is 0 Å². The van der Waals surface area contributed by atoms with Crippen molar-refractivity contribution in [3.63, 3.8) is 0 Å². The van der Waals surface area contributed by atoms with Gasteiger partial charge in [0, 0.05) is 24.0 Å². The minimum absolute atomic E-state index is 0.0676. The SMILES string of the molecule is CC1(C)OC(=O)C(=Cc2ccc(SC3CCCCC3)cc2)C(=O)O1. The Morgan fingerprint density at radius 3 is 2.17 bits per heavy atom. The molecular weight excluding hydrogens is 324 g/mol. The second-order valence-corrected chi connectivity index (χ2v) is 8.06. The number of ether oxygens (including phenoxy) is 2. The molecule has 0 unspecified atom stereocenters. The number of hydrogen-bond donors (Lipinski definition) is 0. The van der Waals surface area contributed by atoms with Crippen molar-refractivity contribution < 1.29 is 19.1 Å². The average molecular weight is 346 g/mol. The van der Waals surface area contributed by atoms with Crippen molar-refractivity contribution in [2.75, 3.05) is 0 Å². The summed E-state index contributed by atoms with van der Waals surface area (Å²) in [5.74, 6) is -2.49. The van der Waals surface area contributed by atoms with Gasteiger partial charge in [-0.05, 0) is 36.6 Å². The molecule has 24 heavy (non-hydrogen) atoms. The van der Waals surface area contributed by atoms with Crippen LogP contribution in [0.3, 0.4) is 0 Å². The third-order valence-corrected chi connectivity index (χ3v) is 5.51. The molecule has 0 N–H and O–H groups in total. The smallest absolute Gasteiger partial charge is 0.348 e. The lowest BCUT2D eigenvalue weighted by atomic mass is 10.0. The van der Waals surface area contributed by atoms with Gasteiger partial charge in [0.15, 0.2) is 0 Å². The standard InChI is InChI=1S/C19H22O4S/c1-19(2)22-17(20)16(18(21)23-19)12-13-8-10-15(11-9-13)24-14-6-4-3-5-7-14/h8-12,14H,3-7H2,1-2H3. The first-order chi connectivity index (χ1) is 11.4. The monoisotopic (exact) mass is 346 g/mol. The molecule has 0 bridgehead atoms. The van der Waals surface area contributed by atoms with E-state index in [9.17, 15) is 9.59 Å². The quantitative estimate of drug-likeness (QED) is 0.463. The average Bonchev–Trinajstić information content (AvgIpc) is 2.53. The zero-order valence-corrected chi connectivity index (χ0v) is 14.9. The molecule has 0 atom stereocenters. The molecule has 0 radical (unpaired) electrons. The fourth-order valence-electron chi connectivity index (χ4n) is 2.96. The Kier molecular flexibility index (Phi) is 4.99. The maximum atomic E-state index is 12.0. The predicted molar refractivity (Wildman–Crippen MR) is 93.4 cm³/mol. The van der Waals surface area contributed by atoms with Gasteiger partial charge in [-0.3, -0.25) is 0 Å². The summed E-state index contributed by atoms with van der Waals surface area (Å²) in [6, 6.07) is 7.90. The molecule has 2 aliphatic rings. The molecule has 1 saturated heterocycles. The summed E-state index contributed by atoms with van der Waals surface area (Å²) in [5, 5.41) is 0.702. The van der Waals surface area contributed by atoms with Crippen LogP contribution in [0.2, 0.25) is 0 Å². The van der Waals surface area contributed by atoms with E-state index >= 15 is 0 Å². The largest absolute Gasteiger partial charge is 0.419 e. The van der Waals surface area contributed by atoms with E-state index in [2.05, 4.69) is 0 Å². The molecule has 5 heteroatoms. The first-order valence-corrected chi connectivity index (χ1v) is 9.26. The highest BCUT2D eigenvalue weighted by Gasteiger charge is 2.38. The van der Waals surface area contributed by atoms with Gasteiger partial charge >= 0.3 is 11.9 Å². The number of hydrogen-bond acceptors (Lipinski definition) is 5. The van der Waals surface area contributed by atoms with E-state index in [4.69, 9.17) is 9.47 Å². The molecule has 2 fully saturated rings. The minimum Gasteiger partial charge on any atom is -0.419 e. The lowest BCUT2D eigenvalue weighted by Gasteiger charge is -2.29. The van der Waals surface area contributed by atoms with Crippen LogP contribution in [0, 0.1) is 0 Å². The molecule has 0 amide bonds. The van der Waals surface area contributed by atoms with Gasteiger partial charge in [-0.15, -0.1) is 11.8 Å².